The number of rotatable bonds is 4. The van der Waals surface area contributed by atoms with E-state index in [4.69, 9.17) is 5.73 Å². The van der Waals surface area contributed by atoms with Crippen LogP contribution in [0.5, 0.6) is 0 Å². The number of aromatic nitrogens is 3. The van der Waals surface area contributed by atoms with Gasteiger partial charge in [-0.15, -0.1) is 5.10 Å². The molecule has 6 heteroatoms. The molecule has 0 radical (unpaired) electrons. The third kappa shape index (κ3) is 2.47. The summed E-state index contributed by atoms with van der Waals surface area (Å²) < 4.78 is 26.7. The van der Waals surface area contributed by atoms with Gasteiger partial charge in [-0.2, -0.15) is 0 Å². The van der Waals surface area contributed by atoms with Crippen molar-refractivity contribution in [3.05, 3.63) is 42.2 Å². The van der Waals surface area contributed by atoms with Gasteiger partial charge in [0, 0.05) is 6.54 Å². The highest BCUT2D eigenvalue weighted by Crippen LogP contribution is 2.20. The molecule has 2 rings (SSSR count). The molecule has 0 aliphatic heterocycles. The predicted octanol–water partition coefficient (Wildman–Crippen LogP) is 1.57. The molecule has 1 aromatic heterocycles. The van der Waals surface area contributed by atoms with Gasteiger partial charge >= 0.3 is 0 Å². The van der Waals surface area contributed by atoms with Crippen molar-refractivity contribution in [1.82, 2.24) is 15.0 Å². The Kier molecular flexibility index (Phi) is 3.43. The topological polar surface area (TPSA) is 56.7 Å². The van der Waals surface area contributed by atoms with Crippen LogP contribution >= 0.6 is 0 Å². The van der Waals surface area contributed by atoms with E-state index in [-0.39, 0.29) is 12.2 Å². The third-order valence-electron chi connectivity index (χ3n) is 2.47. The van der Waals surface area contributed by atoms with Crippen LogP contribution < -0.4 is 5.73 Å². The third-order valence-corrected chi connectivity index (χ3v) is 2.47. The monoisotopic (exact) mass is 238 g/mol. The number of alkyl halides is 2. The Morgan fingerprint density at radius 3 is 2.53 bits per heavy atom. The first-order chi connectivity index (χ1) is 8.22. The Morgan fingerprint density at radius 1 is 1.24 bits per heavy atom. The van der Waals surface area contributed by atoms with Gasteiger partial charge < -0.3 is 5.73 Å². The van der Waals surface area contributed by atoms with E-state index in [1.54, 1.807) is 0 Å². The number of hydrogen-bond acceptors (Lipinski definition) is 3. The lowest BCUT2D eigenvalue weighted by Crippen LogP contribution is -2.20. The van der Waals surface area contributed by atoms with Crippen molar-refractivity contribution < 1.29 is 8.78 Å². The molecule has 0 aliphatic rings. The summed E-state index contributed by atoms with van der Waals surface area (Å²) in [6, 6.07) is 9.17. The van der Waals surface area contributed by atoms with Crippen molar-refractivity contribution in [2.75, 3.05) is 6.54 Å². The van der Waals surface area contributed by atoms with Gasteiger partial charge in [-0.1, -0.05) is 23.4 Å². The van der Waals surface area contributed by atoms with Crippen LogP contribution in [-0.4, -0.2) is 28.0 Å². The summed E-state index contributed by atoms with van der Waals surface area (Å²) in [6.45, 7) is -0.148. The second kappa shape index (κ2) is 5.01. The molecule has 1 heterocycles. The minimum Gasteiger partial charge on any atom is -0.330 e. The lowest BCUT2D eigenvalue weighted by atomic mass is 10.1. The first-order valence-electron chi connectivity index (χ1n) is 5.18. The van der Waals surface area contributed by atoms with Crippen molar-refractivity contribution in [3.8, 4) is 5.69 Å². The molecule has 90 valence electrons. The van der Waals surface area contributed by atoms with Crippen molar-refractivity contribution in [1.29, 1.82) is 0 Å². The second-order valence-corrected chi connectivity index (χ2v) is 3.60. The summed E-state index contributed by atoms with van der Waals surface area (Å²) >= 11 is 0. The summed E-state index contributed by atoms with van der Waals surface area (Å²) in [7, 11) is 0. The second-order valence-electron chi connectivity index (χ2n) is 3.60. The van der Waals surface area contributed by atoms with Crippen LogP contribution in [0.3, 0.4) is 0 Å². The van der Waals surface area contributed by atoms with E-state index in [1.165, 1.54) is 10.9 Å². The van der Waals surface area contributed by atoms with Crippen LogP contribution in [0, 0.1) is 0 Å². The fourth-order valence-electron chi connectivity index (χ4n) is 1.51. The van der Waals surface area contributed by atoms with Crippen molar-refractivity contribution in [3.63, 3.8) is 0 Å². The summed E-state index contributed by atoms with van der Waals surface area (Å²) in [5.41, 5.74) is 6.29. The van der Waals surface area contributed by atoms with Crippen LogP contribution in [0.15, 0.2) is 36.5 Å². The molecule has 4 nitrogen and oxygen atoms in total. The minimum atomic E-state index is -2.53. The molecular formula is C11H12F2N4. The molecule has 1 aromatic carbocycles. The van der Waals surface area contributed by atoms with Crippen molar-refractivity contribution in [2.24, 2.45) is 5.73 Å². The molecule has 17 heavy (non-hydrogen) atoms. The number of benzene rings is 1. The van der Waals surface area contributed by atoms with Crippen LogP contribution in [0.1, 0.15) is 11.6 Å². The molecular weight excluding hydrogens is 226 g/mol. The molecule has 1 unspecified atom stereocenters. The lowest BCUT2D eigenvalue weighted by Gasteiger charge is -2.08. The Morgan fingerprint density at radius 2 is 1.94 bits per heavy atom. The standard InChI is InChI=1S/C11H12F2N4/c12-11(13)9(6-14)10-7-17(16-15-10)8-4-2-1-3-5-8/h1-5,7,9,11H,6,14H2. The molecule has 0 aliphatic carbocycles. The lowest BCUT2D eigenvalue weighted by molar-refractivity contribution is 0.115. The number of nitrogens with two attached hydrogens (primary N) is 1. The Bertz CT molecular complexity index is 469. The quantitative estimate of drug-likeness (QED) is 0.879. The minimum absolute atomic E-state index is 0.148. The fourth-order valence-corrected chi connectivity index (χ4v) is 1.51. The zero-order valence-electron chi connectivity index (χ0n) is 9.00. The van der Waals surface area contributed by atoms with E-state index >= 15 is 0 Å². The van der Waals surface area contributed by atoms with Crippen LogP contribution in [-0.2, 0) is 0 Å². The number of hydrogen-bond donors (Lipinski definition) is 1. The molecule has 0 amide bonds. The first-order valence-corrected chi connectivity index (χ1v) is 5.18. The largest absolute Gasteiger partial charge is 0.330 e. The zero-order valence-corrected chi connectivity index (χ0v) is 9.00. The van der Waals surface area contributed by atoms with Gasteiger partial charge in [0.15, 0.2) is 0 Å². The van der Waals surface area contributed by atoms with Crippen molar-refractivity contribution in [2.45, 2.75) is 12.3 Å². The number of para-hydroxylation sites is 1. The van der Waals surface area contributed by atoms with Crippen LogP contribution in [0.2, 0.25) is 0 Å². The number of nitrogens with zero attached hydrogens (tertiary/aromatic N) is 3. The van der Waals surface area contributed by atoms with Gasteiger partial charge in [0.2, 0.25) is 6.43 Å². The fraction of sp³-hybridized carbons (Fsp3) is 0.273. The molecule has 1 atom stereocenters. The van der Waals surface area contributed by atoms with Gasteiger partial charge in [0.25, 0.3) is 0 Å². The smallest absolute Gasteiger partial charge is 0.248 e. The van der Waals surface area contributed by atoms with Gasteiger partial charge in [0.05, 0.1) is 23.5 Å². The highest BCUT2D eigenvalue weighted by atomic mass is 19.3. The Balaban J connectivity index is 2.27. The highest BCUT2D eigenvalue weighted by molar-refractivity contribution is 5.30. The van der Waals surface area contributed by atoms with Gasteiger partial charge in [-0.3, -0.25) is 0 Å². The van der Waals surface area contributed by atoms with Crippen molar-refractivity contribution >= 4 is 0 Å². The molecule has 0 bridgehead atoms. The van der Waals surface area contributed by atoms with E-state index in [9.17, 15) is 8.78 Å². The van der Waals surface area contributed by atoms with E-state index in [2.05, 4.69) is 10.3 Å². The van der Waals surface area contributed by atoms with E-state index in [0.717, 1.165) is 5.69 Å². The van der Waals surface area contributed by atoms with E-state index < -0.39 is 12.3 Å². The van der Waals surface area contributed by atoms with Gasteiger partial charge in [0.1, 0.15) is 0 Å². The van der Waals surface area contributed by atoms with Crippen LogP contribution in [0.4, 0.5) is 8.78 Å². The zero-order chi connectivity index (χ0) is 12.3. The average Bonchev–Trinajstić information content (AvgIpc) is 2.80. The number of halogens is 2. The molecule has 0 fully saturated rings. The summed E-state index contributed by atoms with van der Waals surface area (Å²) in [6.07, 6.45) is -1.04. The Hall–Kier alpha value is -1.82. The summed E-state index contributed by atoms with van der Waals surface area (Å²) in [5, 5.41) is 7.55. The maximum atomic E-state index is 12.6. The van der Waals surface area contributed by atoms with Gasteiger partial charge in [-0.05, 0) is 12.1 Å². The Labute approximate surface area is 97.0 Å². The maximum Gasteiger partial charge on any atom is 0.248 e. The highest BCUT2D eigenvalue weighted by Gasteiger charge is 2.23. The summed E-state index contributed by atoms with van der Waals surface area (Å²) in [5.74, 6) is -1.06. The molecule has 0 saturated carbocycles. The van der Waals surface area contributed by atoms with Gasteiger partial charge in [-0.25, -0.2) is 13.5 Å². The first kappa shape index (κ1) is 11.7. The van der Waals surface area contributed by atoms with E-state index in [1.807, 2.05) is 30.3 Å². The molecule has 0 spiro atoms. The summed E-state index contributed by atoms with van der Waals surface area (Å²) in [4.78, 5) is 0. The molecule has 2 N–H and O–H groups in total. The average molecular weight is 238 g/mol. The molecule has 0 saturated heterocycles. The normalized spacial score (nSPS) is 12.9. The predicted molar refractivity (Wildman–Crippen MR) is 59.2 cm³/mol. The van der Waals surface area contributed by atoms with Crippen LogP contribution in [0.25, 0.3) is 5.69 Å². The SMILES string of the molecule is NCC(c1cn(-c2ccccc2)nn1)C(F)F. The van der Waals surface area contributed by atoms with E-state index in [0.29, 0.717) is 0 Å². The maximum absolute atomic E-state index is 12.6. The molecule has 2 aromatic rings.